The van der Waals surface area contributed by atoms with Gasteiger partial charge < -0.3 is 4.57 Å². The number of benzene rings is 1. The Kier molecular flexibility index (Phi) is 2.35. The minimum absolute atomic E-state index is 0.154. The van der Waals surface area contributed by atoms with Crippen molar-refractivity contribution in [1.82, 2.24) is 4.57 Å². The van der Waals surface area contributed by atoms with E-state index < -0.39 is 0 Å². The maximum Gasteiger partial charge on any atom is 0.147 e. The van der Waals surface area contributed by atoms with Gasteiger partial charge in [-0.25, -0.2) is 4.39 Å². The number of fused-ring (bicyclic) bond motifs is 1. The summed E-state index contributed by atoms with van der Waals surface area (Å²) in [6.45, 7) is 4.78. The molecule has 0 aliphatic rings. The maximum absolute atomic E-state index is 13.6. The summed E-state index contributed by atoms with van der Waals surface area (Å²) in [5.41, 5.74) is 1.79. The van der Waals surface area contributed by atoms with Crippen LogP contribution in [0.3, 0.4) is 0 Å². The third kappa shape index (κ3) is 1.19. The van der Waals surface area contributed by atoms with Crippen molar-refractivity contribution >= 4 is 26.8 Å². The van der Waals surface area contributed by atoms with Gasteiger partial charge in [-0.1, -0.05) is 12.1 Å². The van der Waals surface area contributed by atoms with Crippen molar-refractivity contribution < 1.29 is 4.39 Å². The lowest BCUT2D eigenvalue weighted by molar-refractivity contribution is 0.625. The molecule has 14 heavy (non-hydrogen) atoms. The number of hydrogen-bond acceptors (Lipinski definition) is 0. The van der Waals surface area contributed by atoms with Crippen LogP contribution in [0, 0.1) is 12.7 Å². The molecule has 1 nitrogen and oxygen atoms in total. The molecular weight excluding hydrogens is 245 g/mol. The SMILES string of the molecule is CCn1c(Br)c(C)c2cccc(F)c21. The molecule has 1 aromatic carbocycles. The van der Waals surface area contributed by atoms with E-state index in [2.05, 4.69) is 15.9 Å². The first-order chi connectivity index (χ1) is 6.66. The average molecular weight is 256 g/mol. The first-order valence-corrected chi connectivity index (χ1v) is 5.39. The van der Waals surface area contributed by atoms with Gasteiger partial charge in [0, 0.05) is 11.9 Å². The fourth-order valence-corrected chi connectivity index (χ4v) is 2.44. The largest absolute Gasteiger partial charge is 0.333 e. The average Bonchev–Trinajstić information content (AvgIpc) is 2.43. The second kappa shape index (κ2) is 3.39. The van der Waals surface area contributed by atoms with Crippen LogP contribution in [-0.2, 0) is 6.54 Å². The molecule has 1 aromatic heterocycles. The zero-order valence-electron chi connectivity index (χ0n) is 8.14. The Morgan fingerprint density at radius 1 is 1.43 bits per heavy atom. The number of aryl methyl sites for hydroxylation is 2. The van der Waals surface area contributed by atoms with Crippen LogP contribution in [0.2, 0.25) is 0 Å². The molecule has 0 unspecified atom stereocenters. The minimum Gasteiger partial charge on any atom is -0.333 e. The Balaban J connectivity index is 2.96. The van der Waals surface area contributed by atoms with E-state index in [1.54, 1.807) is 6.07 Å². The highest BCUT2D eigenvalue weighted by Gasteiger charge is 2.13. The molecule has 0 aliphatic heterocycles. The number of para-hydroxylation sites is 1. The molecular formula is C11H11BrFN. The van der Waals surface area contributed by atoms with Crippen LogP contribution in [-0.4, -0.2) is 4.57 Å². The summed E-state index contributed by atoms with van der Waals surface area (Å²) in [5.74, 6) is -0.154. The Morgan fingerprint density at radius 3 is 2.79 bits per heavy atom. The lowest BCUT2D eigenvalue weighted by atomic mass is 10.2. The highest BCUT2D eigenvalue weighted by molar-refractivity contribution is 9.10. The third-order valence-corrected chi connectivity index (χ3v) is 3.55. The van der Waals surface area contributed by atoms with Crippen molar-refractivity contribution in [3.63, 3.8) is 0 Å². The summed E-state index contributed by atoms with van der Waals surface area (Å²) in [4.78, 5) is 0. The van der Waals surface area contributed by atoms with Gasteiger partial charge in [0.2, 0.25) is 0 Å². The molecule has 0 saturated carbocycles. The Hall–Kier alpha value is -0.830. The summed E-state index contributed by atoms with van der Waals surface area (Å²) in [6.07, 6.45) is 0. The van der Waals surface area contributed by atoms with Crippen LogP contribution < -0.4 is 0 Å². The molecule has 0 N–H and O–H groups in total. The Morgan fingerprint density at radius 2 is 2.14 bits per heavy atom. The summed E-state index contributed by atoms with van der Waals surface area (Å²) in [5, 5.41) is 0.985. The Labute approximate surface area is 90.7 Å². The molecule has 0 bridgehead atoms. The topological polar surface area (TPSA) is 4.93 Å². The van der Waals surface area contributed by atoms with E-state index in [9.17, 15) is 4.39 Å². The molecule has 0 saturated heterocycles. The zero-order valence-corrected chi connectivity index (χ0v) is 9.73. The lowest BCUT2D eigenvalue weighted by Crippen LogP contribution is -1.95. The third-order valence-electron chi connectivity index (χ3n) is 2.52. The van der Waals surface area contributed by atoms with Gasteiger partial charge in [-0.05, 0) is 41.4 Å². The lowest BCUT2D eigenvalue weighted by Gasteiger charge is -2.02. The van der Waals surface area contributed by atoms with E-state index in [0.717, 1.165) is 22.1 Å². The number of aromatic nitrogens is 1. The van der Waals surface area contributed by atoms with Gasteiger partial charge in [-0.3, -0.25) is 0 Å². The second-order valence-corrected chi connectivity index (χ2v) is 4.05. The molecule has 1 heterocycles. The predicted octanol–water partition coefficient (Wildman–Crippen LogP) is 3.87. The van der Waals surface area contributed by atoms with Gasteiger partial charge >= 0.3 is 0 Å². The van der Waals surface area contributed by atoms with Crippen molar-refractivity contribution in [2.45, 2.75) is 20.4 Å². The van der Waals surface area contributed by atoms with Crippen molar-refractivity contribution in [3.8, 4) is 0 Å². The van der Waals surface area contributed by atoms with Gasteiger partial charge in [0.1, 0.15) is 5.82 Å². The Bertz CT molecular complexity index is 487. The van der Waals surface area contributed by atoms with E-state index >= 15 is 0 Å². The molecule has 0 fully saturated rings. The molecule has 0 spiro atoms. The molecule has 0 radical (unpaired) electrons. The summed E-state index contributed by atoms with van der Waals surface area (Å²) < 4.78 is 16.5. The smallest absolute Gasteiger partial charge is 0.147 e. The van der Waals surface area contributed by atoms with Gasteiger partial charge in [-0.2, -0.15) is 0 Å². The molecule has 0 amide bonds. The molecule has 3 heteroatoms. The molecule has 2 aromatic rings. The molecule has 2 rings (SSSR count). The first-order valence-electron chi connectivity index (χ1n) is 4.59. The fraction of sp³-hybridized carbons (Fsp3) is 0.273. The normalized spacial score (nSPS) is 11.1. The standard InChI is InChI=1S/C11H11BrFN/c1-3-14-10-8(7(2)11(14)12)5-4-6-9(10)13/h4-6H,3H2,1-2H3. The number of hydrogen-bond donors (Lipinski definition) is 0. The first kappa shape index (κ1) is 9.71. The predicted molar refractivity (Wildman–Crippen MR) is 60.0 cm³/mol. The van der Waals surface area contributed by atoms with Gasteiger partial charge in [0.05, 0.1) is 10.1 Å². The van der Waals surface area contributed by atoms with Crippen molar-refractivity contribution in [1.29, 1.82) is 0 Å². The molecule has 0 atom stereocenters. The highest BCUT2D eigenvalue weighted by Crippen LogP contribution is 2.30. The van der Waals surface area contributed by atoms with E-state index in [-0.39, 0.29) is 5.82 Å². The van der Waals surface area contributed by atoms with E-state index in [1.807, 2.05) is 24.5 Å². The van der Waals surface area contributed by atoms with Crippen LogP contribution in [0.1, 0.15) is 12.5 Å². The minimum atomic E-state index is -0.154. The maximum atomic E-state index is 13.6. The van der Waals surface area contributed by atoms with Crippen molar-refractivity contribution in [3.05, 3.63) is 34.2 Å². The van der Waals surface area contributed by atoms with Crippen LogP contribution in [0.4, 0.5) is 4.39 Å². The van der Waals surface area contributed by atoms with E-state index in [4.69, 9.17) is 0 Å². The van der Waals surface area contributed by atoms with Crippen LogP contribution in [0.25, 0.3) is 10.9 Å². The zero-order chi connectivity index (χ0) is 10.3. The van der Waals surface area contributed by atoms with Crippen molar-refractivity contribution in [2.24, 2.45) is 0 Å². The van der Waals surface area contributed by atoms with E-state index in [1.165, 1.54) is 6.07 Å². The summed E-state index contributed by atoms with van der Waals surface area (Å²) in [7, 11) is 0. The monoisotopic (exact) mass is 255 g/mol. The van der Waals surface area contributed by atoms with Crippen LogP contribution in [0.5, 0.6) is 0 Å². The number of rotatable bonds is 1. The van der Waals surface area contributed by atoms with Gasteiger partial charge in [-0.15, -0.1) is 0 Å². The van der Waals surface area contributed by atoms with Crippen LogP contribution in [0.15, 0.2) is 22.8 Å². The fourth-order valence-electron chi connectivity index (χ4n) is 1.80. The van der Waals surface area contributed by atoms with Gasteiger partial charge in [0.15, 0.2) is 0 Å². The van der Waals surface area contributed by atoms with Crippen molar-refractivity contribution in [2.75, 3.05) is 0 Å². The molecule has 0 aliphatic carbocycles. The summed E-state index contributed by atoms with van der Waals surface area (Å²) >= 11 is 3.48. The van der Waals surface area contributed by atoms with E-state index in [0.29, 0.717) is 5.52 Å². The summed E-state index contributed by atoms with van der Waals surface area (Å²) in [6, 6.07) is 5.20. The second-order valence-electron chi connectivity index (χ2n) is 3.30. The van der Waals surface area contributed by atoms with Crippen LogP contribution >= 0.6 is 15.9 Å². The quantitative estimate of drug-likeness (QED) is 0.729. The highest BCUT2D eigenvalue weighted by atomic mass is 79.9. The number of halogens is 2. The van der Waals surface area contributed by atoms with Gasteiger partial charge in [0.25, 0.3) is 0 Å². The molecule has 74 valence electrons. The number of nitrogens with zero attached hydrogens (tertiary/aromatic N) is 1.